The topological polar surface area (TPSA) is 110 Å². The van der Waals surface area contributed by atoms with Crippen LogP contribution in [0, 0.1) is 5.21 Å². The number of carbonyl (C=O) groups is 1. The number of piperazine rings is 1. The fraction of sp³-hybridized carbons (Fsp3) is 0.200. The molecule has 4 aromatic rings. The van der Waals surface area contributed by atoms with Gasteiger partial charge in [0.2, 0.25) is 5.52 Å². The highest BCUT2D eigenvalue weighted by Crippen LogP contribution is 2.28. The Labute approximate surface area is 191 Å². The molecular weight excluding hydrogens is 476 g/mol. The molecule has 0 unspecified atom stereocenters. The number of nitrogens with zero attached hydrogens (tertiary/aromatic N) is 4. The van der Waals surface area contributed by atoms with Crippen LogP contribution < -0.4 is 4.73 Å². The number of halogens is 1. The standard InChI is InChI=1S/C20H17ClN4O5S2/c21-14-4-3-13-10-19(25(28)15(13)11-14)32(29,30)23-8-6-22(7-9-23)20(26)18-12-16-17(31-18)2-1-5-24(16)27/h1-5,10-12,28H,6-9H2. The first-order valence-corrected chi connectivity index (χ1v) is 12.3. The summed E-state index contributed by atoms with van der Waals surface area (Å²) in [6.07, 6.45) is 1.38. The third-order valence-corrected chi connectivity index (χ3v) is 8.67. The van der Waals surface area contributed by atoms with Crippen LogP contribution in [0.2, 0.25) is 5.02 Å². The lowest BCUT2D eigenvalue weighted by Crippen LogP contribution is -2.50. The summed E-state index contributed by atoms with van der Waals surface area (Å²) in [6.45, 7) is 0.563. The van der Waals surface area contributed by atoms with Crippen LogP contribution in [0.1, 0.15) is 9.67 Å². The first-order chi connectivity index (χ1) is 15.3. The molecule has 5 rings (SSSR count). The molecule has 1 amide bonds. The molecule has 1 fully saturated rings. The van der Waals surface area contributed by atoms with Crippen LogP contribution in [0.4, 0.5) is 0 Å². The molecule has 0 spiro atoms. The molecular formula is C20H17ClN4O5S2. The van der Waals surface area contributed by atoms with Crippen molar-refractivity contribution in [3.63, 3.8) is 0 Å². The number of hydrogen-bond donors (Lipinski definition) is 1. The summed E-state index contributed by atoms with van der Waals surface area (Å²) in [4.78, 5) is 14.9. The second-order valence-corrected chi connectivity index (χ2v) is 10.8. The molecule has 0 bridgehead atoms. The Morgan fingerprint density at radius 2 is 1.88 bits per heavy atom. The lowest BCUT2D eigenvalue weighted by atomic mass is 10.2. The molecule has 1 aliphatic rings. The second-order valence-electron chi connectivity index (χ2n) is 7.39. The molecule has 1 aliphatic heterocycles. The Balaban J connectivity index is 1.35. The Kier molecular flexibility index (Phi) is 5.01. The number of benzene rings is 1. The minimum atomic E-state index is -3.98. The Bertz CT molecular complexity index is 1470. The van der Waals surface area contributed by atoms with Crippen molar-refractivity contribution in [3.05, 3.63) is 63.8 Å². The van der Waals surface area contributed by atoms with Crippen molar-refractivity contribution in [3.8, 4) is 0 Å². The van der Waals surface area contributed by atoms with Gasteiger partial charge in [-0.15, -0.1) is 11.3 Å². The summed E-state index contributed by atoms with van der Waals surface area (Å²) in [6, 6.07) is 11.1. The normalized spacial score (nSPS) is 15.6. The SMILES string of the molecule is O=C(c1cc2c(ccc[n+]2[O-])s1)N1CCN(S(=O)(=O)c2cc3ccc(Cl)cc3n2O)CC1. The van der Waals surface area contributed by atoms with Crippen molar-refractivity contribution in [2.24, 2.45) is 0 Å². The zero-order chi connectivity index (χ0) is 22.6. The third-order valence-electron chi connectivity index (χ3n) is 5.50. The van der Waals surface area contributed by atoms with Gasteiger partial charge in [-0.05, 0) is 24.3 Å². The average Bonchev–Trinajstić information content (AvgIpc) is 3.36. The van der Waals surface area contributed by atoms with Gasteiger partial charge in [0.1, 0.15) is 4.70 Å². The number of sulfonamides is 1. The average molecular weight is 493 g/mol. The van der Waals surface area contributed by atoms with Crippen molar-refractivity contribution in [2.45, 2.75) is 5.03 Å². The molecule has 4 heterocycles. The maximum Gasteiger partial charge on any atom is 0.264 e. The molecule has 0 saturated carbocycles. The van der Waals surface area contributed by atoms with Gasteiger partial charge in [0.05, 0.1) is 10.4 Å². The predicted octanol–water partition coefficient (Wildman–Crippen LogP) is 2.53. The van der Waals surface area contributed by atoms with E-state index in [1.54, 1.807) is 35.2 Å². The van der Waals surface area contributed by atoms with Gasteiger partial charge in [-0.3, -0.25) is 4.79 Å². The van der Waals surface area contributed by atoms with Gasteiger partial charge in [0.15, 0.2) is 11.2 Å². The van der Waals surface area contributed by atoms with Gasteiger partial charge in [-0.25, -0.2) is 8.42 Å². The second kappa shape index (κ2) is 7.62. The summed E-state index contributed by atoms with van der Waals surface area (Å²) >= 11 is 7.18. The van der Waals surface area contributed by atoms with Crippen LogP contribution in [-0.4, -0.2) is 59.6 Å². The van der Waals surface area contributed by atoms with Gasteiger partial charge in [0.25, 0.3) is 15.9 Å². The molecule has 12 heteroatoms. The molecule has 0 atom stereocenters. The Morgan fingerprint density at radius 1 is 1.12 bits per heavy atom. The van der Waals surface area contributed by atoms with Gasteiger partial charge >= 0.3 is 0 Å². The van der Waals surface area contributed by atoms with E-state index in [1.165, 1.54) is 34.0 Å². The van der Waals surface area contributed by atoms with Crippen molar-refractivity contribution in [1.29, 1.82) is 0 Å². The van der Waals surface area contributed by atoms with Gasteiger partial charge in [0, 0.05) is 48.7 Å². The van der Waals surface area contributed by atoms with E-state index in [9.17, 15) is 23.6 Å². The summed E-state index contributed by atoms with van der Waals surface area (Å²) in [5, 5.41) is 23.0. The fourth-order valence-electron chi connectivity index (χ4n) is 3.82. The minimum Gasteiger partial charge on any atom is -0.618 e. The highest BCUT2D eigenvalue weighted by atomic mass is 35.5. The highest BCUT2D eigenvalue weighted by Gasteiger charge is 2.34. The zero-order valence-electron chi connectivity index (χ0n) is 16.5. The first kappa shape index (κ1) is 21.0. The first-order valence-electron chi connectivity index (χ1n) is 9.67. The highest BCUT2D eigenvalue weighted by molar-refractivity contribution is 7.89. The number of pyridine rings is 1. The maximum absolute atomic E-state index is 13.1. The van der Waals surface area contributed by atoms with E-state index < -0.39 is 10.0 Å². The number of fused-ring (bicyclic) bond motifs is 2. The fourth-order valence-corrected chi connectivity index (χ4v) is 6.51. The largest absolute Gasteiger partial charge is 0.618 e. The Hall–Kier alpha value is -2.86. The summed E-state index contributed by atoms with van der Waals surface area (Å²) in [5.74, 6) is -0.242. The van der Waals surface area contributed by atoms with Gasteiger partial charge in [-0.2, -0.15) is 13.8 Å². The summed E-state index contributed by atoms with van der Waals surface area (Å²) in [7, 11) is -3.98. The Morgan fingerprint density at radius 3 is 2.59 bits per heavy atom. The molecule has 0 radical (unpaired) electrons. The molecule has 0 aliphatic carbocycles. The minimum absolute atomic E-state index is 0.0861. The number of thiophene rings is 1. The number of amides is 1. The molecule has 166 valence electrons. The van der Waals surface area contributed by atoms with E-state index >= 15 is 0 Å². The number of hydrogen-bond acceptors (Lipinski definition) is 6. The third kappa shape index (κ3) is 3.37. The summed E-state index contributed by atoms with van der Waals surface area (Å²) < 4.78 is 29.6. The van der Waals surface area contributed by atoms with E-state index in [1.807, 2.05) is 0 Å². The van der Waals surface area contributed by atoms with Crippen LogP contribution in [0.5, 0.6) is 0 Å². The lowest BCUT2D eigenvalue weighted by molar-refractivity contribution is -0.576. The molecule has 32 heavy (non-hydrogen) atoms. The van der Waals surface area contributed by atoms with E-state index in [0.29, 0.717) is 40.5 Å². The van der Waals surface area contributed by atoms with Crippen LogP contribution >= 0.6 is 22.9 Å². The molecule has 3 aromatic heterocycles. The van der Waals surface area contributed by atoms with Gasteiger partial charge in [-0.1, -0.05) is 17.7 Å². The maximum atomic E-state index is 13.1. The molecule has 1 saturated heterocycles. The van der Waals surface area contributed by atoms with Crippen molar-refractivity contribution in [2.75, 3.05) is 26.2 Å². The van der Waals surface area contributed by atoms with Crippen LogP contribution in [0.25, 0.3) is 21.1 Å². The number of carbonyl (C=O) groups excluding carboxylic acids is 1. The molecule has 9 nitrogen and oxygen atoms in total. The van der Waals surface area contributed by atoms with Gasteiger partial charge < -0.3 is 15.3 Å². The monoisotopic (exact) mass is 492 g/mol. The van der Waals surface area contributed by atoms with Crippen molar-refractivity contribution in [1.82, 2.24) is 13.9 Å². The number of aromatic nitrogens is 2. The zero-order valence-corrected chi connectivity index (χ0v) is 18.9. The van der Waals surface area contributed by atoms with Crippen LogP contribution in [0.15, 0.2) is 53.7 Å². The molecule has 1 aromatic carbocycles. The van der Waals surface area contributed by atoms with E-state index in [-0.39, 0.29) is 37.1 Å². The smallest absolute Gasteiger partial charge is 0.264 e. The van der Waals surface area contributed by atoms with Crippen molar-refractivity contribution >= 4 is 60.0 Å². The predicted molar refractivity (Wildman–Crippen MR) is 120 cm³/mol. The summed E-state index contributed by atoms with van der Waals surface area (Å²) in [5.41, 5.74) is 0.725. The van der Waals surface area contributed by atoms with Crippen LogP contribution in [-0.2, 0) is 10.0 Å². The number of rotatable bonds is 3. The van der Waals surface area contributed by atoms with Crippen molar-refractivity contribution < 1.29 is 23.1 Å². The van der Waals surface area contributed by atoms with E-state index in [2.05, 4.69) is 0 Å². The lowest BCUT2D eigenvalue weighted by Gasteiger charge is -2.33. The van der Waals surface area contributed by atoms with E-state index in [0.717, 1.165) is 0 Å². The van der Waals surface area contributed by atoms with Crippen LogP contribution in [0.3, 0.4) is 0 Å². The van der Waals surface area contributed by atoms with E-state index in [4.69, 9.17) is 11.6 Å². The molecule has 1 N–H and O–H groups in total. The quantitative estimate of drug-likeness (QED) is 0.268.